The predicted octanol–water partition coefficient (Wildman–Crippen LogP) is 4.76. The molecule has 1 aliphatic heterocycles. The largest absolute Gasteiger partial charge is 0.497 e. The monoisotopic (exact) mass is 520 g/mol. The number of rotatable bonds is 11. The summed E-state index contributed by atoms with van der Waals surface area (Å²) in [6.07, 6.45) is 1.44. The fraction of sp³-hybridized carbons (Fsp3) is 0.367. The molecule has 0 aromatic heterocycles. The molecule has 0 saturated heterocycles. The number of carboxylic acids is 1. The molecule has 5 rings (SSSR count). The lowest BCUT2D eigenvalue weighted by Gasteiger charge is -2.28. The molecule has 3 aromatic carbocycles. The van der Waals surface area contributed by atoms with Gasteiger partial charge in [0.05, 0.1) is 26.2 Å². The SMILES string of the molecule is CCCOc1ccc2c(c1)CC(C(C(=O)O)c1ccc(OC)cc1OCCO)C2c1ccc2c(c1)OCO2. The third-order valence-corrected chi connectivity index (χ3v) is 7.16. The summed E-state index contributed by atoms with van der Waals surface area (Å²) < 4.78 is 28.2. The molecule has 3 unspecified atom stereocenters. The summed E-state index contributed by atoms with van der Waals surface area (Å²) in [5.41, 5.74) is 3.62. The smallest absolute Gasteiger partial charge is 0.311 e. The summed E-state index contributed by atoms with van der Waals surface area (Å²) in [6.45, 7) is 2.69. The summed E-state index contributed by atoms with van der Waals surface area (Å²) in [4.78, 5) is 13.0. The highest BCUT2D eigenvalue weighted by molar-refractivity contribution is 5.79. The Morgan fingerprint density at radius 2 is 1.82 bits per heavy atom. The van der Waals surface area contributed by atoms with Crippen LogP contribution in [0, 0.1) is 5.92 Å². The Hall–Kier alpha value is -3.91. The summed E-state index contributed by atoms with van der Waals surface area (Å²) in [5, 5.41) is 20.0. The van der Waals surface area contributed by atoms with Gasteiger partial charge in [-0.15, -0.1) is 0 Å². The average Bonchev–Trinajstić information content (AvgIpc) is 3.54. The van der Waals surface area contributed by atoms with Crippen molar-refractivity contribution < 1.29 is 38.7 Å². The second kappa shape index (κ2) is 11.2. The van der Waals surface area contributed by atoms with Crippen molar-refractivity contribution in [1.29, 1.82) is 0 Å². The molecule has 0 spiro atoms. The highest BCUT2D eigenvalue weighted by Crippen LogP contribution is 2.52. The number of aliphatic hydroxyl groups is 1. The number of aliphatic hydroxyl groups excluding tert-OH is 1. The van der Waals surface area contributed by atoms with Crippen molar-refractivity contribution in [2.24, 2.45) is 5.92 Å². The zero-order valence-electron chi connectivity index (χ0n) is 21.5. The Bertz CT molecular complexity index is 1300. The van der Waals surface area contributed by atoms with Crippen LogP contribution in [0.4, 0.5) is 0 Å². The number of carboxylic acid groups (broad SMARTS) is 1. The van der Waals surface area contributed by atoms with Crippen molar-refractivity contribution in [3.05, 3.63) is 76.9 Å². The van der Waals surface area contributed by atoms with E-state index in [0.717, 1.165) is 28.9 Å². The molecule has 8 nitrogen and oxygen atoms in total. The van der Waals surface area contributed by atoms with Crippen LogP contribution >= 0.6 is 0 Å². The summed E-state index contributed by atoms with van der Waals surface area (Å²) in [7, 11) is 1.54. The highest BCUT2D eigenvalue weighted by atomic mass is 16.7. The van der Waals surface area contributed by atoms with Crippen LogP contribution in [-0.4, -0.2) is 49.9 Å². The van der Waals surface area contributed by atoms with Gasteiger partial charge in [0.15, 0.2) is 11.5 Å². The van der Waals surface area contributed by atoms with Gasteiger partial charge >= 0.3 is 5.97 Å². The first-order valence-electron chi connectivity index (χ1n) is 12.8. The molecular weight excluding hydrogens is 488 g/mol. The van der Waals surface area contributed by atoms with Crippen LogP contribution < -0.4 is 23.7 Å². The van der Waals surface area contributed by atoms with Crippen LogP contribution in [0.25, 0.3) is 0 Å². The second-order valence-electron chi connectivity index (χ2n) is 9.46. The third kappa shape index (κ3) is 4.96. The van der Waals surface area contributed by atoms with E-state index < -0.39 is 11.9 Å². The van der Waals surface area contributed by atoms with E-state index in [0.29, 0.717) is 41.6 Å². The lowest BCUT2D eigenvalue weighted by atomic mass is 9.75. The number of methoxy groups -OCH3 is 1. The van der Waals surface area contributed by atoms with Crippen LogP contribution in [0.5, 0.6) is 28.7 Å². The van der Waals surface area contributed by atoms with E-state index in [1.54, 1.807) is 25.3 Å². The minimum Gasteiger partial charge on any atom is -0.497 e. The van der Waals surface area contributed by atoms with Gasteiger partial charge in [0.1, 0.15) is 23.9 Å². The Morgan fingerprint density at radius 1 is 1.00 bits per heavy atom. The van der Waals surface area contributed by atoms with E-state index in [2.05, 4.69) is 6.92 Å². The number of ether oxygens (including phenoxy) is 5. The van der Waals surface area contributed by atoms with E-state index in [9.17, 15) is 15.0 Å². The van der Waals surface area contributed by atoms with Crippen LogP contribution in [-0.2, 0) is 11.2 Å². The number of carbonyl (C=O) groups is 1. The van der Waals surface area contributed by atoms with E-state index in [1.807, 2.05) is 36.4 Å². The fourth-order valence-electron chi connectivity index (χ4n) is 5.54. The van der Waals surface area contributed by atoms with Gasteiger partial charge in [-0.3, -0.25) is 4.79 Å². The zero-order valence-corrected chi connectivity index (χ0v) is 21.5. The van der Waals surface area contributed by atoms with E-state index >= 15 is 0 Å². The summed E-state index contributed by atoms with van der Waals surface area (Å²) >= 11 is 0. The molecule has 1 heterocycles. The van der Waals surface area contributed by atoms with Crippen LogP contribution in [0.2, 0.25) is 0 Å². The molecule has 2 N–H and O–H groups in total. The molecule has 3 atom stereocenters. The van der Waals surface area contributed by atoms with Gasteiger partial charge in [-0.25, -0.2) is 0 Å². The Morgan fingerprint density at radius 3 is 2.58 bits per heavy atom. The Kier molecular flexibility index (Phi) is 7.60. The van der Waals surface area contributed by atoms with E-state index in [4.69, 9.17) is 23.7 Å². The molecular formula is C30H32O8. The molecule has 8 heteroatoms. The molecule has 38 heavy (non-hydrogen) atoms. The fourth-order valence-corrected chi connectivity index (χ4v) is 5.54. The van der Waals surface area contributed by atoms with Gasteiger partial charge in [-0.05, 0) is 65.8 Å². The number of aliphatic carboxylic acids is 1. The molecule has 200 valence electrons. The van der Waals surface area contributed by atoms with Crippen molar-refractivity contribution in [2.45, 2.75) is 31.6 Å². The lowest BCUT2D eigenvalue weighted by molar-refractivity contribution is -0.140. The van der Waals surface area contributed by atoms with Crippen LogP contribution in [0.3, 0.4) is 0 Å². The van der Waals surface area contributed by atoms with Crippen molar-refractivity contribution >= 4 is 5.97 Å². The van der Waals surface area contributed by atoms with Gasteiger partial charge < -0.3 is 33.9 Å². The maximum atomic E-state index is 13.0. The Balaban J connectivity index is 1.61. The normalized spacial score (nSPS) is 18.1. The summed E-state index contributed by atoms with van der Waals surface area (Å²) in [5.74, 6) is 0.662. The molecule has 0 amide bonds. The molecule has 1 aliphatic carbocycles. The molecule has 0 saturated carbocycles. The first-order valence-corrected chi connectivity index (χ1v) is 12.8. The van der Waals surface area contributed by atoms with Gasteiger partial charge in [0.2, 0.25) is 6.79 Å². The number of hydrogen-bond acceptors (Lipinski definition) is 7. The molecule has 0 bridgehead atoms. The maximum Gasteiger partial charge on any atom is 0.311 e. The van der Waals surface area contributed by atoms with Crippen molar-refractivity contribution in [3.63, 3.8) is 0 Å². The van der Waals surface area contributed by atoms with Crippen LogP contribution in [0.1, 0.15) is 47.4 Å². The lowest BCUT2D eigenvalue weighted by Crippen LogP contribution is -2.26. The zero-order chi connectivity index (χ0) is 26.6. The number of hydrogen-bond donors (Lipinski definition) is 2. The van der Waals surface area contributed by atoms with Crippen molar-refractivity contribution in [1.82, 2.24) is 0 Å². The predicted molar refractivity (Wildman–Crippen MR) is 140 cm³/mol. The van der Waals surface area contributed by atoms with Gasteiger partial charge in [-0.1, -0.05) is 25.1 Å². The van der Waals surface area contributed by atoms with Gasteiger partial charge in [0.25, 0.3) is 0 Å². The Labute approximate surface area is 221 Å². The van der Waals surface area contributed by atoms with Gasteiger partial charge in [-0.2, -0.15) is 0 Å². The van der Waals surface area contributed by atoms with Gasteiger partial charge in [0, 0.05) is 17.5 Å². The molecule has 0 radical (unpaired) electrons. The quantitative estimate of drug-likeness (QED) is 0.373. The first kappa shape index (κ1) is 25.7. The van der Waals surface area contributed by atoms with Crippen molar-refractivity contribution in [2.75, 3.05) is 33.7 Å². The summed E-state index contributed by atoms with van der Waals surface area (Å²) in [6, 6.07) is 17.0. The maximum absolute atomic E-state index is 13.0. The standard InChI is InChI=1S/C30H32O8/c1-3-11-35-21-6-7-22-19(13-21)14-24(28(22)18-4-9-25-27(15-18)38-17-37-25)29(30(32)33)23-8-5-20(34-2)16-26(23)36-12-10-31/h4-9,13,15-16,24,28-29,31H,3,10-12,14,17H2,1-2H3,(H,32,33). The van der Waals surface area contributed by atoms with Crippen LogP contribution in [0.15, 0.2) is 54.6 Å². The minimum absolute atomic E-state index is 0.0428. The number of fused-ring (bicyclic) bond motifs is 2. The van der Waals surface area contributed by atoms with E-state index in [1.165, 1.54) is 0 Å². The first-order chi connectivity index (χ1) is 18.5. The average molecular weight is 521 g/mol. The number of benzene rings is 3. The molecule has 3 aromatic rings. The minimum atomic E-state index is -0.949. The third-order valence-electron chi connectivity index (χ3n) is 7.16. The second-order valence-corrected chi connectivity index (χ2v) is 9.46. The highest BCUT2D eigenvalue weighted by Gasteiger charge is 2.44. The topological polar surface area (TPSA) is 104 Å². The van der Waals surface area contributed by atoms with Crippen molar-refractivity contribution in [3.8, 4) is 28.7 Å². The molecule has 2 aliphatic rings. The molecule has 0 fully saturated rings. The van der Waals surface area contributed by atoms with E-state index in [-0.39, 0.29) is 31.8 Å².